The molecule has 2 rings (SSSR count). The normalized spacial score (nSPS) is 15.9. The van der Waals surface area contributed by atoms with Crippen LogP contribution in [0.2, 0.25) is 0 Å². The lowest BCUT2D eigenvalue weighted by atomic mass is 9.69. The lowest BCUT2D eigenvalue weighted by Gasteiger charge is -2.37. The molecule has 0 spiro atoms. The summed E-state index contributed by atoms with van der Waals surface area (Å²) in [5.74, 6) is -1.55. The fourth-order valence-corrected chi connectivity index (χ4v) is 2.41. The maximum atomic E-state index is 12.1. The molecular weight excluding hydrogens is 276 g/mol. The first kappa shape index (κ1) is 15.0. The van der Waals surface area contributed by atoms with Crippen LogP contribution >= 0.6 is 0 Å². The number of rotatable bonds is 5. The Morgan fingerprint density at radius 2 is 2.10 bits per heavy atom. The molecule has 1 amide bonds. The van der Waals surface area contributed by atoms with E-state index in [1.807, 2.05) is 0 Å². The fraction of sp³-hybridized carbons (Fsp3) is 0.429. The van der Waals surface area contributed by atoms with Gasteiger partial charge in [0.15, 0.2) is 0 Å². The van der Waals surface area contributed by atoms with Gasteiger partial charge in [-0.2, -0.15) is 0 Å². The first-order valence-electron chi connectivity index (χ1n) is 6.62. The van der Waals surface area contributed by atoms with Crippen LogP contribution in [0.3, 0.4) is 0 Å². The first-order chi connectivity index (χ1) is 9.85. The van der Waals surface area contributed by atoms with E-state index in [1.54, 1.807) is 13.0 Å². The Labute approximate surface area is 121 Å². The molecule has 0 saturated heterocycles. The molecular formula is C14H16N2O5. The van der Waals surface area contributed by atoms with Gasteiger partial charge in [-0.05, 0) is 31.4 Å². The van der Waals surface area contributed by atoms with Crippen LogP contribution in [0, 0.1) is 22.5 Å². The number of amides is 1. The zero-order valence-corrected chi connectivity index (χ0v) is 11.6. The van der Waals surface area contributed by atoms with Gasteiger partial charge in [-0.3, -0.25) is 19.7 Å². The van der Waals surface area contributed by atoms with Gasteiger partial charge in [0.25, 0.3) is 11.6 Å². The number of carbonyl (C=O) groups is 2. The average Bonchev–Trinajstić information content (AvgIpc) is 2.36. The molecule has 21 heavy (non-hydrogen) atoms. The van der Waals surface area contributed by atoms with Crippen molar-refractivity contribution in [3.63, 3.8) is 0 Å². The van der Waals surface area contributed by atoms with E-state index in [2.05, 4.69) is 5.32 Å². The van der Waals surface area contributed by atoms with Crippen LogP contribution in [-0.2, 0) is 4.79 Å². The highest BCUT2D eigenvalue weighted by atomic mass is 16.6. The number of hydrogen-bond donors (Lipinski definition) is 2. The number of carboxylic acids is 1. The van der Waals surface area contributed by atoms with E-state index < -0.39 is 22.2 Å². The van der Waals surface area contributed by atoms with E-state index >= 15 is 0 Å². The van der Waals surface area contributed by atoms with Crippen molar-refractivity contribution in [1.82, 2.24) is 5.32 Å². The number of aryl methyl sites for hydroxylation is 1. The second kappa shape index (κ2) is 5.51. The molecule has 2 N–H and O–H groups in total. The van der Waals surface area contributed by atoms with Gasteiger partial charge in [0, 0.05) is 12.6 Å². The summed E-state index contributed by atoms with van der Waals surface area (Å²) < 4.78 is 0. The third kappa shape index (κ3) is 2.86. The van der Waals surface area contributed by atoms with Crippen molar-refractivity contribution < 1.29 is 19.6 Å². The molecule has 1 aromatic rings. The predicted molar refractivity (Wildman–Crippen MR) is 74.1 cm³/mol. The highest BCUT2D eigenvalue weighted by molar-refractivity contribution is 5.98. The van der Waals surface area contributed by atoms with Gasteiger partial charge < -0.3 is 10.4 Å². The molecule has 0 unspecified atom stereocenters. The molecule has 0 radical (unpaired) electrons. The number of carbonyl (C=O) groups excluding carboxylic acids is 1. The molecule has 0 aliphatic heterocycles. The number of nitrogens with one attached hydrogen (secondary N) is 1. The van der Waals surface area contributed by atoms with Crippen LogP contribution in [0.4, 0.5) is 5.69 Å². The van der Waals surface area contributed by atoms with Crippen LogP contribution in [0.25, 0.3) is 0 Å². The average molecular weight is 292 g/mol. The second-order valence-electron chi connectivity index (χ2n) is 5.40. The quantitative estimate of drug-likeness (QED) is 0.636. The van der Waals surface area contributed by atoms with Crippen molar-refractivity contribution in [2.45, 2.75) is 26.2 Å². The molecule has 0 atom stereocenters. The molecule has 0 aromatic heterocycles. The van der Waals surface area contributed by atoms with Crippen molar-refractivity contribution in [1.29, 1.82) is 0 Å². The summed E-state index contributed by atoms with van der Waals surface area (Å²) in [6, 6.07) is 4.27. The van der Waals surface area contributed by atoms with E-state index in [0.29, 0.717) is 12.8 Å². The maximum Gasteiger partial charge on any atom is 0.311 e. The molecule has 7 heteroatoms. The maximum absolute atomic E-state index is 12.1. The largest absolute Gasteiger partial charge is 0.481 e. The zero-order chi connectivity index (χ0) is 15.6. The van der Waals surface area contributed by atoms with E-state index in [4.69, 9.17) is 0 Å². The minimum Gasteiger partial charge on any atom is -0.481 e. The summed E-state index contributed by atoms with van der Waals surface area (Å²) >= 11 is 0. The first-order valence-corrected chi connectivity index (χ1v) is 6.62. The smallest absolute Gasteiger partial charge is 0.311 e. The second-order valence-corrected chi connectivity index (χ2v) is 5.40. The predicted octanol–water partition coefficient (Wildman–Crippen LogP) is 1.89. The summed E-state index contributed by atoms with van der Waals surface area (Å²) in [5.41, 5.74) is -0.521. The van der Waals surface area contributed by atoms with Gasteiger partial charge in [0.1, 0.15) is 5.56 Å². The molecule has 1 aromatic carbocycles. The summed E-state index contributed by atoms with van der Waals surface area (Å²) in [5, 5.41) is 22.7. The zero-order valence-electron chi connectivity index (χ0n) is 11.6. The fourth-order valence-electron chi connectivity index (χ4n) is 2.41. The summed E-state index contributed by atoms with van der Waals surface area (Å²) in [6.07, 6.45) is 1.84. The topological polar surface area (TPSA) is 110 Å². The minimum absolute atomic E-state index is 0.00768. The Hall–Kier alpha value is -2.44. The third-order valence-corrected chi connectivity index (χ3v) is 3.95. The summed E-state index contributed by atoms with van der Waals surface area (Å²) in [6.45, 7) is 1.72. The Kier molecular flexibility index (Phi) is 3.93. The number of carboxylic acid groups (broad SMARTS) is 1. The molecule has 7 nitrogen and oxygen atoms in total. The number of nitro benzene ring substituents is 1. The van der Waals surface area contributed by atoms with Crippen LogP contribution in [0.5, 0.6) is 0 Å². The van der Waals surface area contributed by atoms with Crippen LogP contribution in [0.1, 0.15) is 35.2 Å². The van der Waals surface area contributed by atoms with Gasteiger partial charge >= 0.3 is 5.97 Å². The van der Waals surface area contributed by atoms with E-state index in [1.165, 1.54) is 12.1 Å². The minimum atomic E-state index is -0.937. The Balaban J connectivity index is 2.15. The number of aliphatic carboxylic acids is 1. The SMILES string of the molecule is Cc1ccc([N+](=O)[O-])c(C(=O)NCC2(C(=O)O)CCC2)c1. The van der Waals surface area contributed by atoms with Crippen molar-refractivity contribution >= 4 is 17.6 Å². The Morgan fingerprint density at radius 3 is 2.57 bits per heavy atom. The lowest BCUT2D eigenvalue weighted by Crippen LogP contribution is -2.47. The van der Waals surface area contributed by atoms with Crippen molar-refractivity contribution in [2.75, 3.05) is 6.54 Å². The van der Waals surface area contributed by atoms with Crippen LogP contribution < -0.4 is 5.32 Å². The number of hydrogen-bond acceptors (Lipinski definition) is 4. The van der Waals surface area contributed by atoms with Crippen molar-refractivity contribution in [3.05, 3.63) is 39.4 Å². The molecule has 1 saturated carbocycles. The van der Waals surface area contributed by atoms with Gasteiger partial charge in [-0.15, -0.1) is 0 Å². The van der Waals surface area contributed by atoms with Gasteiger partial charge in [-0.25, -0.2) is 0 Å². The molecule has 0 heterocycles. The van der Waals surface area contributed by atoms with E-state index in [0.717, 1.165) is 12.0 Å². The highest BCUT2D eigenvalue weighted by Gasteiger charge is 2.44. The molecule has 1 fully saturated rings. The Bertz CT molecular complexity index is 607. The standard InChI is InChI=1S/C14H16N2O5/c1-9-3-4-11(16(20)21)10(7-9)12(17)15-8-14(13(18)19)5-2-6-14/h3-4,7H,2,5-6,8H2,1H3,(H,15,17)(H,18,19). The molecule has 1 aliphatic rings. The van der Waals surface area contributed by atoms with E-state index in [-0.39, 0.29) is 17.8 Å². The van der Waals surface area contributed by atoms with Gasteiger partial charge in [0.2, 0.25) is 0 Å². The monoisotopic (exact) mass is 292 g/mol. The number of nitrogens with zero attached hydrogens (tertiary/aromatic N) is 1. The van der Waals surface area contributed by atoms with Crippen molar-refractivity contribution in [3.8, 4) is 0 Å². The third-order valence-electron chi connectivity index (χ3n) is 3.95. The number of benzene rings is 1. The van der Waals surface area contributed by atoms with Gasteiger partial charge in [-0.1, -0.05) is 12.5 Å². The molecule has 0 bridgehead atoms. The molecule has 1 aliphatic carbocycles. The Morgan fingerprint density at radius 1 is 1.43 bits per heavy atom. The highest BCUT2D eigenvalue weighted by Crippen LogP contribution is 2.40. The summed E-state index contributed by atoms with van der Waals surface area (Å²) in [7, 11) is 0. The van der Waals surface area contributed by atoms with Crippen LogP contribution in [0.15, 0.2) is 18.2 Å². The van der Waals surface area contributed by atoms with E-state index in [9.17, 15) is 24.8 Å². The van der Waals surface area contributed by atoms with Crippen molar-refractivity contribution in [2.24, 2.45) is 5.41 Å². The van der Waals surface area contributed by atoms with Gasteiger partial charge in [0.05, 0.1) is 10.3 Å². The molecule has 112 valence electrons. The summed E-state index contributed by atoms with van der Waals surface area (Å²) in [4.78, 5) is 33.7. The number of nitro groups is 1. The van der Waals surface area contributed by atoms with Crippen LogP contribution in [-0.4, -0.2) is 28.5 Å². The lowest BCUT2D eigenvalue weighted by molar-refractivity contribution is -0.385.